The summed E-state index contributed by atoms with van der Waals surface area (Å²) >= 11 is 0. The van der Waals surface area contributed by atoms with Crippen LogP contribution in [-0.2, 0) is 0 Å². The summed E-state index contributed by atoms with van der Waals surface area (Å²) in [5, 5.41) is 15.7. The lowest BCUT2D eigenvalue weighted by Gasteiger charge is -2.06. The average molecular weight is 294 g/mol. The van der Waals surface area contributed by atoms with Crippen molar-refractivity contribution in [3.8, 4) is 5.75 Å². The molecule has 2 N–H and O–H groups in total. The van der Waals surface area contributed by atoms with Gasteiger partial charge in [0.05, 0.1) is 11.8 Å². The molecule has 0 saturated carbocycles. The molecule has 3 rings (SSSR count). The quantitative estimate of drug-likeness (QED) is 0.575. The number of aromatic hydroxyl groups is 1. The Morgan fingerprint density at radius 1 is 1.14 bits per heavy atom. The predicted octanol–water partition coefficient (Wildman–Crippen LogP) is 3.29. The zero-order chi connectivity index (χ0) is 15.5. The third-order valence-electron chi connectivity index (χ3n) is 3.31. The van der Waals surface area contributed by atoms with E-state index in [-0.39, 0.29) is 11.3 Å². The highest BCUT2D eigenvalue weighted by atomic mass is 16.3. The monoisotopic (exact) mass is 294 g/mol. The number of phenolic OH excluding ortho intramolecular Hbond substituents is 1. The van der Waals surface area contributed by atoms with Crippen LogP contribution in [0.4, 0.5) is 0 Å². The largest absolute Gasteiger partial charge is 0.507 e. The molecule has 0 bridgehead atoms. The van der Waals surface area contributed by atoms with Gasteiger partial charge >= 0.3 is 0 Å². The van der Waals surface area contributed by atoms with Crippen LogP contribution in [0.3, 0.4) is 0 Å². The highest BCUT2D eigenvalue weighted by Crippen LogP contribution is 2.24. The number of rotatable bonds is 3. The number of hydrogen-bond donors (Lipinski definition) is 2. The number of furan rings is 1. The summed E-state index contributed by atoms with van der Waals surface area (Å²) in [7, 11) is 0. The summed E-state index contributed by atoms with van der Waals surface area (Å²) in [4.78, 5) is 12.2. The number of nitrogens with one attached hydrogen (secondary N) is 1. The van der Waals surface area contributed by atoms with Gasteiger partial charge in [0, 0.05) is 0 Å². The first-order valence-corrected chi connectivity index (χ1v) is 6.75. The van der Waals surface area contributed by atoms with Crippen molar-refractivity contribution in [1.29, 1.82) is 0 Å². The Bertz CT molecular complexity index is 851. The maximum atomic E-state index is 12.2. The average Bonchev–Trinajstić information content (AvgIpc) is 3.06. The Hall–Kier alpha value is -3.08. The van der Waals surface area contributed by atoms with Gasteiger partial charge in [-0.25, -0.2) is 5.43 Å². The SMILES string of the molecule is CC(=NNC(=O)c1cc2ccccc2cc1O)c1ccco1. The maximum Gasteiger partial charge on any atom is 0.275 e. The number of carbonyl (C=O) groups excluding carboxylic acids is 1. The van der Waals surface area contributed by atoms with E-state index >= 15 is 0 Å². The molecule has 0 saturated heterocycles. The van der Waals surface area contributed by atoms with Crippen molar-refractivity contribution in [3.05, 3.63) is 66.1 Å². The molecule has 110 valence electrons. The van der Waals surface area contributed by atoms with E-state index in [2.05, 4.69) is 10.5 Å². The van der Waals surface area contributed by atoms with Gasteiger partial charge in [0.2, 0.25) is 0 Å². The van der Waals surface area contributed by atoms with Crippen LogP contribution in [0.15, 0.2) is 64.3 Å². The van der Waals surface area contributed by atoms with Crippen molar-refractivity contribution in [2.75, 3.05) is 0 Å². The normalized spacial score (nSPS) is 11.6. The van der Waals surface area contributed by atoms with Crippen molar-refractivity contribution < 1.29 is 14.3 Å². The van der Waals surface area contributed by atoms with E-state index in [1.165, 1.54) is 6.26 Å². The molecule has 3 aromatic rings. The van der Waals surface area contributed by atoms with Crippen molar-refractivity contribution in [1.82, 2.24) is 5.43 Å². The van der Waals surface area contributed by atoms with E-state index < -0.39 is 5.91 Å². The van der Waals surface area contributed by atoms with Crippen molar-refractivity contribution >= 4 is 22.4 Å². The first-order valence-electron chi connectivity index (χ1n) is 6.75. The van der Waals surface area contributed by atoms with Crippen LogP contribution in [0.5, 0.6) is 5.75 Å². The fourth-order valence-electron chi connectivity index (χ4n) is 2.14. The zero-order valence-electron chi connectivity index (χ0n) is 11.9. The number of hydrazone groups is 1. The molecule has 0 aliphatic heterocycles. The van der Waals surface area contributed by atoms with Crippen LogP contribution in [-0.4, -0.2) is 16.7 Å². The number of amides is 1. The number of nitrogens with zero attached hydrogens (tertiary/aromatic N) is 1. The van der Waals surface area contributed by atoms with Crippen LogP contribution in [0.1, 0.15) is 23.0 Å². The molecule has 0 radical (unpaired) electrons. The van der Waals surface area contributed by atoms with Gasteiger partial charge in [-0.1, -0.05) is 24.3 Å². The second-order valence-electron chi connectivity index (χ2n) is 4.83. The Morgan fingerprint density at radius 3 is 2.55 bits per heavy atom. The Morgan fingerprint density at radius 2 is 1.86 bits per heavy atom. The summed E-state index contributed by atoms with van der Waals surface area (Å²) in [6.45, 7) is 1.72. The molecular weight excluding hydrogens is 280 g/mol. The molecule has 0 atom stereocenters. The Labute approximate surface area is 126 Å². The minimum atomic E-state index is -0.478. The number of fused-ring (bicyclic) bond motifs is 1. The van der Waals surface area contributed by atoms with Crippen LogP contribution in [0, 0.1) is 0 Å². The second-order valence-corrected chi connectivity index (χ2v) is 4.83. The fraction of sp³-hybridized carbons (Fsp3) is 0.0588. The highest BCUT2D eigenvalue weighted by Gasteiger charge is 2.12. The van der Waals surface area contributed by atoms with Gasteiger partial charge in [0.15, 0.2) is 0 Å². The number of hydrogen-bond acceptors (Lipinski definition) is 4. The molecule has 0 unspecified atom stereocenters. The third-order valence-corrected chi connectivity index (χ3v) is 3.31. The van der Waals surface area contributed by atoms with Gasteiger partial charge in [-0.3, -0.25) is 4.79 Å². The van der Waals surface area contributed by atoms with Crippen LogP contribution >= 0.6 is 0 Å². The first-order chi connectivity index (χ1) is 10.6. The van der Waals surface area contributed by atoms with Gasteiger partial charge < -0.3 is 9.52 Å². The molecule has 1 heterocycles. The molecule has 5 nitrogen and oxygen atoms in total. The highest BCUT2D eigenvalue weighted by molar-refractivity contribution is 6.03. The van der Waals surface area contributed by atoms with Crippen molar-refractivity contribution in [2.24, 2.45) is 5.10 Å². The fourth-order valence-corrected chi connectivity index (χ4v) is 2.14. The van der Waals surface area contributed by atoms with E-state index in [0.29, 0.717) is 11.5 Å². The molecule has 22 heavy (non-hydrogen) atoms. The number of carbonyl (C=O) groups is 1. The molecule has 5 heteroatoms. The Balaban J connectivity index is 1.86. The summed E-state index contributed by atoms with van der Waals surface area (Å²) in [5.41, 5.74) is 3.14. The first kappa shape index (κ1) is 13.9. The zero-order valence-corrected chi connectivity index (χ0v) is 11.9. The summed E-state index contributed by atoms with van der Waals surface area (Å²) in [5.74, 6) is 0.0132. The van der Waals surface area contributed by atoms with E-state index in [1.807, 2.05) is 24.3 Å². The number of benzene rings is 2. The third kappa shape index (κ3) is 2.69. The van der Waals surface area contributed by atoms with Crippen LogP contribution < -0.4 is 5.43 Å². The van der Waals surface area contributed by atoms with Gasteiger partial charge in [0.1, 0.15) is 17.2 Å². The van der Waals surface area contributed by atoms with Crippen LogP contribution in [0.2, 0.25) is 0 Å². The Kier molecular flexibility index (Phi) is 3.62. The molecule has 1 amide bonds. The van der Waals surface area contributed by atoms with Crippen molar-refractivity contribution in [2.45, 2.75) is 6.92 Å². The van der Waals surface area contributed by atoms with Gasteiger partial charge in [-0.15, -0.1) is 0 Å². The second kappa shape index (κ2) is 5.73. The summed E-state index contributed by atoms with van der Waals surface area (Å²) < 4.78 is 5.18. The van der Waals surface area contributed by atoms with Crippen molar-refractivity contribution in [3.63, 3.8) is 0 Å². The van der Waals surface area contributed by atoms with E-state index in [4.69, 9.17) is 4.42 Å². The molecule has 0 spiro atoms. The lowest BCUT2D eigenvalue weighted by atomic mass is 10.1. The summed E-state index contributed by atoms with van der Waals surface area (Å²) in [6, 6.07) is 14.2. The molecule has 2 aromatic carbocycles. The van der Waals surface area contributed by atoms with E-state index in [0.717, 1.165) is 10.8 Å². The van der Waals surface area contributed by atoms with Gasteiger partial charge in [-0.05, 0) is 42.0 Å². The predicted molar refractivity (Wildman–Crippen MR) is 84.0 cm³/mol. The molecule has 0 aliphatic carbocycles. The standard InChI is InChI=1S/C17H14N2O3/c1-11(16-7-4-8-22-16)18-19-17(21)14-9-12-5-2-3-6-13(12)10-15(14)20/h2-10,20H,1H3,(H,19,21). The minimum absolute atomic E-state index is 0.0814. The molecule has 0 aliphatic rings. The van der Waals surface area contributed by atoms with Crippen LogP contribution in [0.25, 0.3) is 10.8 Å². The minimum Gasteiger partial charge on any atom is -0.507 e. The molecule has 1 aromatic heterocycles. The lowest BCUT2D eigenvalue weighted by Crippen LogP contribution is -2.19. The van der Waals surface area contributed by atoms with Gasteiger partial charge in [0.25, 0.3) is 5.91 Å². The molecule has 0 fully saturated rings. The lowest BCUT2D eigenvalue weighted by molar-refractivity contribution is 0.0952. The van der Waals surface area contributed by atoms with Gasteiger partial charge in [-0.2, -0.15) is 5.10 Å². The number of phenols is 1. The van der Waals surface area contributed by atoms with E-state index in [9.17, 15) is 9.90 Å². The van der Waals surface area contributed by atoms with E-state index in [1.54, 1.807) is 31.2 Å². The summed E-state index contributed by atoms with van der Waals surface area (Å²) in [6.07, 6.45) is 1.53. The maximum absolute atomic E-state index is 12.2. The smallest absolute Gasteiger partial charge is 0.275 e. The molecular formula is C17H14N2O3. The topological polar surface area (TPSA) is 74.8 Å².